The van der Waals surface area contributed by atoms with Gasteiger partial charge in [-0.25, -0.2) is 0 Å². The van der Waals surface area contributed by atoms with Crippen molar-refractivity contribution in [3.05, 3.63) is 0 Å². The standard InChI is InChI=1S/C15H32N2O3.H2/c1-6-14(4)17(5)9-12-19-10-7-15(18)16-8-11-20-13(2)3;/h13-14H,6-12H2,1-5H3,(H,16,18);1H. The van der Waals surface area contributed by atoms with Gasteiger partial charge in [-0.1, -0.05) is 6.92 Å². The minimum atomic E-state index is 0. The van der Waals surface area contributed by atoms with Crippen LogP contribution in [0.5, 0.6) is 0 Å². The molecule has 0 aromatic rings. The summed E-state index contributed by atoms with van der Waals surface area (Å²) in [5, 5.41) is 2.81. The van der Waals surface area contributed by atoms with Gasteiger partial charge in [0, 0.05) is 27.0 Å². The van der Waals surface area contributed by atoms with Crippen molar-refractivity contribution >= 4 is 5.91 Å². The first-order valence-corrected chi connectivity index (χ1v) is 7.63. The van der Waals surface area contributed by atoms with E-state index in [1.54, 1.807) is 0 Å². The van der Waals surface area contributed by atoms with Gasteiger partial charge >= 0.3 is 0 Å². The predicted octanol–water partition coefficient (Wildman–Crippen LogP) is 1.91. The molecule has 1 amide bonds. The maximum Gasteiger partial charge on any atom is 0.222 e. The second kappa shape index (κ2) is 12.1. The highest BCUT2D eigenvalue weighted by atomic mass is 16.5. The zero-order chi connectivity index (χ0) is 15.4. The molecule has 5 heteroatoms. The van der Waals surface area contributed by atoms with Crippen LogP contribution in [0.3, 0.4) is 0 Å². The molecule has 0 bridgehead atoms. The fourth-order valence-corrected chi connectivity index (χ4v) is 1.58. The number of carbonyl (C=O) groups excluding carboxylic acids is 1. The highest BCUT2D eigenvalue weighted by Gasteiger charge is 2.06. The third kappa shape index (κ3) is 11.2. The lowest BCUT2D eigenvalue weighted by molar-refractivity contribution is -0.122. The number of hydrogen-bond acceptors (Lipinski definition) is 4. The lowest BCUT2D eigenvalue weighted by atomic mass is 10.2. The van der Waals surface area contributed by atoms with Gasteiger partial charge in [0.05, 0.1) is 25.9 Å². The Morgan fingerprint density at radius 3 is 2.55 bits per heavy atom. The molecule has 5 nitrogen and oxygen atoms in total. The van der Waals surface area contributed by atoms with Crippen molar-refractivity contribution in [3.63, 3.8) is 0 Å². The third-order valence-corrected chi connectivity index (χ3v) is 3.28. The van der Waals surface area contributed by atoms with Gasteiger partial charge in [-0.2, -0.15) is 0 Å². The van der Waals surface area contributed by atoms with E-state index in [4.69, 9.17) is 9.47 Å². The van der Waals surface area contributed by atoms with E-state index in [0.29, 0.717) is 38.8 Å². The average molecular weight is 290 g/mol. The van der Waals surface area contributed by atoms with E-state index in [0.717, 1.165) is 13.0 Å². The van der Waals surface area contributed by atoms with Crippen molar-refractivity contribution < 1.29 is 15.7 Å². The summed E-state index contributed by atoms with van der Waals surface area (Å²) < 4.78 is 10.8. The number of nitrogens with one attached hydrogen (secondary N) is 1. The van der Waals surface area contributed by atoms with Crippen LogP contribution >= 0.6 is 0 Å². The summed E-state index contributed by atoms with van der Waals surface area (Å²) in [4.78, 5) is 13.7. The van der Waals surface area contributed by atoms with E-state index >= 15 is 0 Å². The van der Waals surface area contributed by atoms with Crippen molar-refractivity contribution in [2.45, 2.75) is 52.7 Å². The molecule has 0 fully saturated rings. The Kier molecular flexibility index (Phi) is 11.7. The van der Waals surface area contributed by atoms with Gasteiger partial charge in [0.2, 0.25) is 5.91 Å². The number of carbonyl (C=O) groups is 1. The molecule has 0 radical (unpaired) electrons. The van der Waals surface area contributed by atoms with Crippen LogP contribution in [0.2, 0.25) is 0 Å². The molecular formula is C15H34N2O3. The number of amides is 1. The topological polar surface area (TPSA) is 50.8 Å². The van der Waals surface area contributed by atoms with Crippen molar-refractivity contribution in [1.82, 2.24) is 10.2 Å². The monoisotopic (exact) mass is 290 g/mol. The van der Waals surface area contributed by atoms with E-state index in [1.807, 2.05) is 13.8 Å². The summed E-state index contributed by atoms with van der Waals surface area (Å²) in [7, 11) is 2.10. The summed E-state index contributed by atoms with van der Waals surface area (Å²) in [5.41, 5.74) is 0. The highest BCUT2D eigenvalue weighted by molar-refractivity contribution is 5.75. The Hall–Kier alpha value is -0.650. The van der Waals surface area contributed by atoms with Crippen molar-refractivity contribution in [2.75, 3.05) is 40.0 Å². The molecule has 0 aromatic heterocycles. The van der Waals surface area contributed by atoms with Crippen LogP contribution in [0.1, 0.15) is 42.0 Å². The van der Waals surface area contributed by atoms with Crippen LogP contribution in [0.25, 0.3) is 0 Å². The summed E-state index contributed by atoms with van der Waals surface area (Å²) in [6, 6.07) is 0.572. The zero-order valence-electron chi connectivity index (χ0n) is 13.8. The largest absolute Gasteiger partial charge is 0.380 e. The van der Waals surface area contributed by atoms with Crippen LogP contribution in [-0.2, 0) is 14.3 Å². The smallest absolute Gasteiger partial charge is 0.222 e. The minimum absolute atomic E-state index is 0. The van der Waals surface area contributed by atoms with Crippen LogP contribution in [0.15, 0.2) is 0 Å². The average Bonchev–Trinajstić information content (AvgIpc) is 2.41. The maximum absolute atomic E-state index is 11.5. The number of likely N-dealkylation sites (N-methyl/N-ethyl adjacent to an activating group) is 1. The quantitative estimate of drug-likeness (QED) is 0.558. The first-order chi connectivity index (χ1) is 9.47. The number of ether oxygens (including phenoxy) is 2. The molecule has 0 spiro atoms. The molecule has 0 aliphatic heterocycles. The summed E-state index contributed by atoms with van der Waals surface area (Å²) in [6.45, 7) is 11.5. The lowest BCUT2D eigenvalue weighted by Crippen LogP contribution is -2.32. The van der Waals surface area contributed by atoms with Crippen LogP contribution < -0.4 is 5.32 Å². The predicted molar refractivity (Wildman–Crippen MR) is 84.0 cm³/mol. The molecule has 0 aliphatic rings. The Morgan fingerprint density at radius 1 is 1.25 bits per heavy atom. The second-order valence-electron chi connectivity index (χ2n) is 5.37. The van der Waals surface area contributed by atoms with Gasteiger partial charge in [0.1, 0.15) is 0 Å². The Labute approximate surface area is 125 Å². The lowest BCUT2D eigenvalue weighted by Gasteiger charge is -2.23. The second-order valence-corrected chi connectivity index (χ2v) is 5.37. The molecule has 0 saturated carbocycles. The van der Waals surface area contributed by atoms with Gasteiger partial charge in [0.25, 0.3) is 0 Å². The number of hydrogen-bond donors (Lipinski definition) is 1. The summed E-state index contributed by atoms with van der Waals surface area (Å²) in [6.07, 6.45) is 1.75. The van der Waals surface area contributed by atoms with Crippen molar-refractivity contribution in [3.8, 4) is 0 Å². The van der Waals surface area contributed by atoms with Gasteiger partial charge in [0.15, 0.2) is 0 Å². The fourth-order valence-electron chi connectivity index (χ4n) is 1.58. The first-order valence-electron chi connectivity index (χ1n) is 7.63. The van der Waals surface area contributed by atoms with Gasteiger partial charge in [-0.15, -0.1) is 0 Å². The molecule has 0 aromatic carbocycles. The van der Waals surface area contributed by atoms with Crippen molar-refractivity contribution in [2.24, 2.45) is 0 Å². The van der Waals surface area contributed by atoms with Gasteiger partial charge < -0.3 is 19.7 Å². The van der Waals surface area contributed by atoms with Crippen LogP contribution in [0.4, 0.5) is 0 Å². The molecule has 1 unspecified atom stereocenters. The first kappa shape index (κ1) is 19.4. The van der Waals surface area contributed by atoms with Crippen LogP contribution in [0, 0.1) is 0 Å². The Morgan fingerprint density at radius 2 is 1.95 bits per heavy atom. The Balaban J connectivity index is 0. The number of rotatable bonds is 12. The SMILES string of the molecule is CCC(C)N(C)CCOCCC(=O)NCCOC(C)C.[HH]. The Bertz CT molecular complexity index is 253. The molecule has 20 heavy (non-hydrogen) atoms. The highest BCUT2D eigenvalue weighted by Crippen LogP contribution is 1.99. The van der Waals surface area contributed by atoms with Crippen molar-refractivity contribution in [1.29, 1.82) is 0 Å². The molecule has 1 atom stereocenters. The van der Waals surface area contributed by atoms with E-state index in [2.05, 4.69) is 31.1 Å². The third-order valence-electron chi connectivity index (χ3n) is 3.28. The van der Waals surface area contributed by atoms with Gasteiger partial charge in [-0.3, -0.25) is 4.79 Å². The molecule has 122 valence electrons. The van der Waals surface area contributed by atoms with E-state index in [1.165, 1.54) is 0 Å². The zero-order valence-corrected chi connectivity index (χ0v) is 13.8. The van der Waals surface area contributed by atoms with E-state index < -0.39 is 0 Å². The van der Waals surface area contributed by atoms with Crippen LogP contribution in [-0.4, -0.2) is 62.9 Å². The molecule has 0 rings (SSSR count). The summed E-state index contributed by atoms with van der Waals surface area (Å²) >= 11 is 0. The number of nitrogens with zero attached hydrogens (tertiary/aromatic N) is 1. The molecule has 0 saturated heterocycles. The van der Waals surface area contributed by atoms with E-state index in [9.17, 15) is 4.79 Å². The summed E-state index contributed by atoms with van der Waals surface area (Å²) in [5.74, 6) is 0.0210. The fraction of sp³-hybridized carbons (Fsp3) is 0.933. The molecular weight excluding hydrogens is 256 g/mol. The minimum Gasteiger partial charge on any atom is -0.380 e. The molecule has 0 aliphatic carbocycles. The normalized spacial score (nSPS) is 12.9. The van der Waals surface area contributed by atoms with Gasteiger partial charge in [-0.05, 0) is 34.2 Å². The molecule has 1 N–H and O–H groups in total. The van der Waals surface area contributed by atoms with E-state index in [-0.39, 0.29) is 13.4 Å². The molecule has 0 heterocycles. The maximum atomic E-state index is 11.5.